The first-order valence-corrected chi connectivity index (χ1v) is 10.00. The number of aromatic amines is 1. The maximum atomic E-state index is 13.7. The van der Waals surface area contributed by atoms with Crippen molar-refractivity contribution in [3.05, 3.63) is 83.7 Å². The van der Waals surface area contributed by atoms with Gasteiger partial charge in [0.05, 0.1) is 0 Å². The van der Waals surface area contributed by atoms with Crippen LogP contribution in [0, 0.1) is 12.7 Å². The molecular weight excluding hydrogens is 379 g/mol. The summed E-state index contributed by atoms with van der Waals surface area (Å²) in [6.45, 7) is 4.76. The van der Waals surface area contributed by atoms with E-state index in [4.69, 9.17) is 0 Å². The summed E-state index contributed by atoms with van der Waals surface area (Å²) in [5.41, 5.74) is 4.19. The van der Waals surface area contributed by atoms with Crippen molar-refractivity contribution in [1.29, 1.82) is 0 Å². The average molecular weight is 402 g/mol. The number of aryl methyl sites for hydroxylation is 1. The van der Waals surface area contributed by atoms with E-state index in [0.29, 0.717) is 29.9 Å². The fraction of sp³-hybridized carbons (Fsp3) is 0.208. The van der Waals surface area contributed by atoms with E-state index < -0.39 is 0 Å². The minimum absolute atomic E-state index is 0.178. The van der Waals surface area contributed by atoms with Gasteiger partial charge in [-0.15, -0.1) is 0 Å². The Morgan fingerprint density at radius 1 is 1.13 bits per heavy atom. The molecule has 6 heteroatoms. The number of benzene rings is 2. The van der Waals surface area contributed by atoms with Gasteiger partial charge < -0.3 is 9.88 Å². The first-order chi connectivity index (χ1) is 14.6. The lowest BCUT2D eigenvalue weighted by molar-refractivity contribution is 0.0761. The Hall–Kier alpha value is -3.54. The second-order valence-electron chi connectivity index (χ2n) is 7.21. The van der Waals surface area contributed by atoms with E-state index in [9.17, 15) is 9.18 Å². The smallest absolute Gasteiger partial charge is 0.274 e. The van der Waals surface area contributed by atoms with E-state index in [1.54, 1.807) is 30.2 Å². The molecule has 0 aliphatic rings. The lowest BCUT2D eigenvalue weighted by Crippen LogP contribution is -2.33. The molecule has 0 fully saturated rings. The van der Waals surface area contributed by atoms with Crippen LogP contribution in [0.4, 0.5) is 4.39 Å². The minimum Gasteiger partial charge on any atom is -0.361 e. The monoisotopic (exact) mass is 402 g/mol. The van der Waals surface area contributed by atoms with Crippen molar-refractivity contribution in [2.45, 2.75) is 20.3 Å². The summed E-state index contributed by atoms with van der Waals surface area (Å²) in [4.78, 5) is 27.0. The summed E-state index contributed by atoms with van der Waals surface area (Å²) in [5.74, 6) is -0.466. The SMILES string of the molecule is CCN(CCc1c[nH]c2ccccc12)C(=O)c1nccnc1-c1ccc(F)c(C)c1. The van der Waals surface area contributed by atoms with Crippen LogP contribution < -0.4 is 0 Å². The van der Waals surface area contributed by atoms with Crippen molar-refractivity contribution in [3.63, 3.8) is 0 Å². The largest absolute Gasteiger partial charge is 0.361 e. The third-order valence-electron chi connectivity index (χ3n) is 5.33. The Bertz CT molecular complexity index is 1200. The van der Waals surface area contributed by atoms with Crippen LogP contribution in [0.1, 0.15) is 28.5 Å². The number of halogens is 1. The number of H-pyrrole nitrogens is 1. The number of rotatable bonds is 6. The first-order valence-electron chi connectivity index (χ1n) is 10.00. The van der Waals surface area contributed by atoms with Crippen LogP contribution in [-0.4, -0.2) is 38.8 Å². The molecule has 0 unspecified atom stereocenters. The average Bonchev–Trinajstić information content (AvgIpc) is 3.19. The summed E-state index contributed by atoms with van der Waals surface area (Å²) in [5, 5.41) is 1.17. The Balaban J connectivity index is 1.59. The number of hydrogen-bond donors (Lipinski definition) is 1. The van der Waals surface area contributed by atoms with E-state index in [1.165, 1.54) is 23.2 Å². The summed E-state index contributed by atoms with van der Waals surface area (Å²) >= 11 is 0. The van der Waals surface area contributed by atoms with Crippen LogP contribution >= 0.6 is 0 Å². The van der Waals surface area contributed by atoms with Gasteiger partial charge in [0.1, 0.15) is 11.5 Å². The van der Waals surface area contributed by atoms with E-state index in [1.807, 2.05) is 31.3 Å². The van der Waals surface area contributed by atoms with E-state index in [0.717, 1.165) is 11.9 Å². The van der Waals surface area contributed by atoms with Gasteiger partial charge in [-0.3, -0.25) is 9.78 Å². The van der Waals surface area contributed by atoms with Crippen molar-refractivity contribution < 1.29 is 9.18 Å². The molecular formula is C24H23FN4O. The van der Waals surface area contributed by atoms with Crippen LogP contribution in [0.25, 0.3) is 22.2 Å². The van der Waals surface area contributed by atoms with Gasteiger partial charge in [0.15, 0.2) is 5.69 Å². The van der Waals surface area contributed by atoms with Crippen molar-refractivity contribution in [3.8, 4) is 11.3 Å². The van der Waals surface area contributed by atoms with Gasteiger partial charge in [0.25, 0.3) is 5.91 Å². The number of hydrogen-bond acceptors (Lipinski definition) is 3. The number of amides is 1. The van der Waals surface area contributed by atoms with Crippen molar-refractivity contribution in [2.24, 2.45) is 0 Å². The molecule has 0 aliphatic heterocycles. The van der Waals surface area contributed by atoms with Gasteiger partial charge in [-0.05, 0) is 55.7 Å². The molecule has 30 heavy (non-hydrogen) atoms. The molecule has 2 heterocycles. The molecule has 1 amide bonds. The Kier molecular flexibility index (Phi) is 5.57. The molecule has 4 aromatic rings. The van der Waals surface area contributed by atoms with Crippen LogP contribution in [0.15, 0.2) is 61.1 Å². The molecule has 0 bridgehead atoms. The number of likely N-dealkylation sites (N-methyl/N-ethyl adjacent to an activating group) is 1. The Morgan fingerprint density at radius 3 is 2.73 bits per heavy atom. The van der Waals surface area contributed by atoms with Crippen LogP contribution in [0.5, 0.6) is 0 Å². The second-order valence-corrected chi connectivity index (χ2v) is 7.21. The van der Waals surface area contributed by atoms with Gasteiger partial charge in [-0.2, -0.15) is 0 Å². The molecule has 4 rings (SSSR count). The molecule has 0 aliphatic carbocycles. The highest BCUT2D eigenvalue weighted by molar-refractivity contribution is 5.98. The molecule has 5 nitrogen and oxygen atoms in total. The molecule has 0 saturated heterocycles. The molecule has 2 aromatic heterocycles. The fourth-order valence-electron chi connectivity index (χ4n) is 3.64. The minimum atomic E-state index is -0.288. The molecule has 0 spiro atoms. The van der Waals surface area contributed by atoms with Gasteiger partial charge in [0, 0.05) is 48.1 Å². The summed E-state index contributed by atoms with van der Waals surface area (Å²) < 4.78 is 13.7. The van der Waals surface area contributed by atoms with E-state index >= 15 is 0 Å². The highest BCUT2D eigenvalue weighted by atomic mass is 19.1. The van der Waals surface area contributed by atoms with Crippen LogP contribution in [0.2, 0.25) is 0 Å². The maximum absolute atomic E-state index is 13.7. The van der Waals surface area contributed by atoms with Gasteiger partial charge >= 0.3 is 0 Å². The fourth-order valence-corrected chi connectivity index (χ4v) is 3.64. The lowest BCUT2D eigenvalue weighted by atomic mass is 10.1. The Labute approximate surface area is 174 Å². The zero-order chi connectivity index (χ0) is 21.1. The van der Waals surface area contributed by atoms with Crippen LogP contribution in [-0.2, 0) is 6.42 Å². The normalized spacial score (nSPS) is 11.0. The molecule has 0 atom stereocenters. The molecule has 2 aromatic carbocycles. The van der Waals surface area contributed by atoms with Gasteiger partial charge in [-0.25, -0.2) is 9.37 Å². The summed E-state index contributed by atoms with van der Waals surface area (Å²) in [7, 11) is 0. The number of para-hydroxylation sites is 1. The predicted molar refractivity (Wildman–Crippen MR) is 116 cm³/mol. The van der Waals surface area contributed by atoms with Gasteiger partial charge in [0.2, 0.25) is 0 Å². The number of fused-ring (bicyclic) bond motifs is 1. The van der Waals surface area contributed by atoms with Crippen LogP contribution in [0.3, 0.4) is 0 Å². The third-order valence-corrected chi connectivity index (χ3v) is 5.33. The number of nitrogens with one attached hydrogen (secondary N) is 1. The molecule has 1 N–H and O–H groups in total. The van der Waals surface area contributed by atoms with E-state index in [2.05, 4.69) is 21.0 Å². The molecule has 0 radical (unpaired) electrons. The molecule has 0 saturated carbocycles. The summed E-state index contributed by atoms with van der Waals surface area (Å²) in [6, 6.07) is 12.8. The number of nitrogens with zero attached hydrogens (tertiary/aromatic N) is 3. The number of aromatic nitrogens is 3. The number of carbonyl (C=O) groups is 1. The lowest BCUT2D eigenvalue weighted by Gasteiger charge is -2.21. The second kappa shape index (κ2) is 8.45. The maximum Gasteiger partial charge on any atom is 0.274 e. The van der Waals surface area contributed by atoms with Crippen molar-refractivity contribution >= 4 is 16.8 Å². The third kappa shape index (κ3) is 3.81. The molecule has 152 valence electrons. The Morgan fingerprint density at radius 2 is 1.93 bits per heavy atom. The summed E-state index contributed by atoms with van der Waals surface area (Å²) in [6.07, 6.45) is 5.79. The quantitative estimate of drug-likeness (QED) is 0.505. The highest BCUT2D eigenvalue weighted by Crippen LogP contribution is 2.24. The zero-order valence-electron chi connectivity index (χ0n) is 17.0. The van der Waals surface area contributed by atoms with Crippen molar-refractivity contribution in [1.82, 2.24) is 19.9 Å². The topological polar surface area (TPSA) is 61.9 Å². The zero-order valence-corrected chi connectivity index (χ0v) is 17.0. The number of carbonyl (C=O) groups excluding carboxylic acids is 1. The van der Waals surface area contributed by atoms with E-state index in [-0.39, 0.29) is 17.4 Å². The first kappa shape index (κ1) is 19.8. The van der Waals surface area contributed by atoms with Gasteiger partial charge in [-0.1, -0.05) is 18.2 Å². The van der Waals surface area contributed by atoms with Crippen molar-refractivity contribution in [2.75, 3.05) is 13.1 Å². The standard InChI is InChI=1S/C24H23FN4O/c1-3-29(13-10-18-15-28-21-7-5-4-6-19(18)21)24(30)23-22(26-11-12-27-23)17-8-9-20(25)16(2)14-17/h4-9,11-12,14-15,28H,3,10,13H2,1-2H3. The predicted octanol–water partition coefficient (Wildman–Crippen LogP) is 4.78. The highest BCUT2D eigenvalue weighted by Gasteiger charge is 2.21.